The van der Waals surface area contributed by atoms with E-state index in [0.29, 0.717) is 0 Å². The molecule has 0 bridgehead atoms. The maximum absolute atomic E-state index is 12.3. The van der Waals surface area contributed by atoms with E-state index < -0.39 is 15.6 Å². The molecule has 21 heavy (non-hydrogen) atoms. The fourth-order valence-corrected chi connectivity index (χ4v) is 4.76. The van der Waals surface area contributed by atoms with Gasteiger partial charge in [-0.05, 0) is 25.0 Å². The van der Waals surface area contributed by atoms with Gasteiger partial charge in [0, 0.05) is 12.1 Å². The smallest absolute Gasteiger partial charge is 0.243 e. The molecule has 4 nitrogen and oxygen atoms in total. The third-order valence-corrected chi connectivity index (χ3v) is 6.01. The minimum absolute atomic E-state index is 0. The lowest BCUT2D eigenvalue weighted by Gasteiger charge is -2.33. The van der Waals surface area contributed by atoms with Crippen LogP contribution in [-0.2, 0) is 10.0 Å². The van der Waals surface area contributed by atoms with E-state index in [4.69, 9.17) is 28.9 Å². The summed E-state index contributed by atoms with van der Waals surface area (Å²) in [4.78, 5) is -0.0808. The molecule has 120 valence electrons. The van der Waals surface area contributed by atoms with Gasteiger partial charge in [-0.3, -0.25) is 0 Å². The van der Waals surface area contributed by atoms with Gasteiger partial charge in [0.2, 0.25) is 10.0 Å². The standard InChI is InChI=1S/C13H18Cl2N2O2S.ClH/c14-10-5-4-6-11(15)12(10)20(18,19)17-9-13(16)7-2-1-3-8-13;/h4-6,17H,1-3,7-9,16H2;1H. The molecule has 0 heterocycles. The Bertz CT molecular complexity index is 567. The Morgan fingerprint density at radius 2 is 1.67 bits per heavy atom. The normalized spacial score (nSPS) is 18.0. The van der Waals surface area contributed by atoms with Crippen molar-refractivity contribution in [2.75, 3.05) is 6.54 Å². The first-order valence-electron chi connectivity index (χ1n) is 6.57. The number of hydrogen-bond acceptors (Lipinski definition) is 3. The average Bonchev–Trinajstić information content (AvgIpc) is 2.37. The molecule has 1 aliphatic carbocycles. The van der Waals surface area contributed by atoms with Gasteiger partial charge >= 0.3 is 0 Å². The van der Waals surface area contributed by atoms with Crippen molar-refractivity contribution in [2.24, 2.45) is 5.73 Å². The van der Waals surface area contributed by atoms with E-state index in [-0.39, 0.29) is 33.9 Å². The zero-order chi connectivity index (χ0) is 14.8. The van der Waals surface area contributed by atoms with Crippen LogP contribution < -0.4 is 10.5 Å². The van der Waals surface area contributed by atoms with Crippen molar-refractivity contribution in [1.82, 2.24) is 4.72 Å². The third kappa shape index (κ3) is 4.71. The van der Waals surface area contributed by atoms with Gasteiger partial charge in [0.25, 0.3) is 0 Å². The number of sulfonamides is 1. The van der Waals surface area contributed by atoms with E-state index in [1.54, 1.807) is 6.07 Å². The van der Waals surface area contributed by atoms with E-state index in [0.717, 1.165) is 32.1 Å². The Balaban J connectivity index is 0.00000220. The lowest BCUT2D eigenvalue weighted by atomic mass is 9.83. The lowest BCUT2D eigenvalue weighted by Crippen LogP contribution is -2.51. The SMILES string of the molecule is Cl.NC1(CNS(=O)(=O)c2c(Cl)cccc2Cl)CCCCC1. The molecule has 0 amide bonds. The van der Waals surface area contributed by atoms with E-state index >= 15 is 0 Å². The number of rotatable bonds is 4. The third-order valence-electron chi connectivity index (χ3n) is 3.65. The first-order valence-corrected chi connectivity index (χ1v) is 8.81. The summed E-state index contributed by atoms with van der Waals surface area (Å²) in [5.41, 5.74) is 5.75. The number of hydrogen-bond donors (Lipinski definition) is 2. The minimum atomic E-state index is -3.75. The molecule has 0 atom stereocenters. The van der Waals surface area contributed by atoms with Gasteiger partial charge < -0.3 is 5.73 Å². The second-order valence-electron chi connectivity index (χ2n) is 5.30. The summed E-state index contributed by atoms with van der Waals surface area (Å²) in [5.74, 6) is 0. The monoisotopic (exact) mass is 372 g/mol. The first-order chi connectivity index (χ1) is 9.34. The Morgan fingerprint density at radius 3 is 2.19 bits per heavy atom. The molecule has 0 saturated heterocycles. The highest BCUT2D eigenvalue weighted by Crippen LogP contribution is 2.30. The van der Waals surface area contributed by atoms with Gasteiger partial charge in [-0.1, -0.05) is 48.5 Å². The van der Waals surface area contributed by atoms with Crippen LogP contribution in [-0.4, -0.2) is 20.5 Å². The summed E-state index contributed by atoms with van der Waals surface area (Å²) in [6.07, 6.45) is 4.87. The van der Waals surface area contributed by atoms with Crippen molar-refractivity contribution >= 4 is 45.6 Å². The Hall–Kier alpha value is -0.0400. The highest BCUT2D eigenvalue weighted by atomic mass is 35.5. The number of nitrogens with two attached hydrogens (primary N) is 1. The Kier molecular flexibility index (Phi) is 6.78. The van der Waals surface area contributed by atoms with E-state index in [2.05, 4.69) is 4.72 Å². The molecule has 1 aliphatic rings. The molecule has 0 radical (unpaired) electrons. The van der Waals surface area contributed by atoms with Gasteiger partial charge in [-0.25, -0.2) is 13.1 Å². The second kappa shape index (κ2) is 7.49. The minimum Gasteiger partial charge on any atom is -0.324 e. The molecular weight excluding hydrogens is 355 g/mol. The first kappa shape index (κ1) is 19.0. The van der Waals surface area contributed by atoms with Crippen LogP contribution in [0.25, 0.3) is 0 Å². The summed E-state index contributed by atoms with van der Waals surface area (Å²) < 4.78 is 27.2. The summed E-state index contributed by atoms with van der Waals surface area (Å²) in [5, 5.41) is 0.222. The summed E-state index contributed by atoms with van der Waals surface area (Å²) in [6, 6.07) is 4.61. The largest absolute Gasteiger partial charge is 0.324 e. The van der Waals surface area contributed by atoms with Crippen LogP contribution >= 0.6 is 35.6 Å². The van der Waals surface area contributed by atoms with E-state index in [9.17, 15) is 8.42 Å². The topological polar surface area (TPSA) is 72.2 Å². The predicted octanol–water partition coefficient (Wildman–Crippen LogP) is 3.36. The molecule has 1 saturated carbocycles. The van der Waals surface area contributed by atoms with Gasteiger partial charge in [0.1, 0.15) is 4.90 Å². The fraction of sp³-hybridized carbons (Fsp3) is 0.538. The number of nitrogens with one attached hydrogen (secondary N) is 1. The van der Waals surface area contributed by atoms with Gasteiger partial charge in [0.05, 0.1) is 10.0 Å². The average molecular weight is 374 g/mol. The quantitative estimate of drug-likeness (QED) is 0.850. The van der Waals surface area contributed by atoms with E-state index in [1.165, 1.54) is 12.1 Å². The molecule has 0 spiro atoms. The van der Waals surface area contributed by atoms with Gasteiger partial charge in [-0.2, -0.15) is 0 Å². The van der Waals surface area contributed by atoms with Crippen molar-refractivity contribution in [3.63, 3.8) is 0 Å². The highest BCUT2D eigenvalue weighted by molar-refractivity contribution is 7.89. The molecule has 3 N–H and O–H groups in total. The zero-order valence-electron chi connectivity index (χ0n) is 11.4. The molecule has 1 aromatic carbocycles. The molecule has 8 heteroatoms. The van der Waals surface area contributed by atoms with Crippen LogP contribution in [0.5, 0.6) is 0 Å². The lowest BCUT2D eigenvalue weighted by molar-refractivity contribution is 0.296. The van der Waals surface area contributed by atoms with Crippen molar-refractivity contribution in [3.05, 3.63) is 28.2 Å². The Morgan fingerprint density at radius 1 is 1.14 bits per heavy atom. The molecule has 2 rings (SSSR count). The molecular formula is C13H19Cl3N2O2S. The van der Waals surface area contributed by atoms with Crippen LogP contribution in [0.15, 0.2) is 23.1 Å². The molecule has 1 aromatic rings. The van der Waals surface area contributed by atoms with Crippen molar-refractivity contribution in [3.8, 4) is 0 Å². The predicted molar refractivity (Wildman–Crippen MR) is 88.9 cm³/mol. The molecule has 1 fully saturated rings. The van der Waals surface area contributed by atoms with E-state index in [1.807, 2.05) is 0 Å². The highest BCUT2D eigenvalue weighted by Gasteiger charge is 2.30. The van der Waals surface area contributed by atoms with Crippen molar-refractivity contribution in [2.45, 2.75) is 42.5 Å². The van der Waals surface area contributed by atoms with Crippen molar-refractivity contribution in [1.29, 1.82) is 0 Å². The maximum Gasteiger partial charge on any atom is 0.243 e. The molecule has 0 unspecified atom stereocenters. The van der Waals surface area contributed by atoms with Gasteiger partial charge in [-0.15, -0.1) is 12.4 Å². The fourth-order valence-electron chi connectivity index (χ4n) is 2.48. The van der Waals surface area contributed by atoms with Crippen LogP contribution in [0.2, 0.25) is 10.0 Å². The number of halogens is 3. The second-order valence-corrected chi connectivity index (χ2v) is 7.82. The number of benzene rings is 1. The van der Waals surface area contributed by atoms with Crippen LogP contribution in [0.3, 0.4) is 0 Å². The zero-order valence-corrected chi connectivity index (χ0v) is 14.6. The van der Waals surface area contributed by atoms with Crippen LogP contribution in [0.1, 0.15) is 32.1 Å². The molecule has 0 aliphatic heterocycles. The van der Waals surface area contributed by atoms with Crippen molar-refractivity contribution < 1.29 is 8.42 Å². The Labute approximate surface area is 141 Å². The molecule has 0 aromatic heterocycles. The summed E-state index contributed by atoms with van der Waals surface area (Å²) >= 11 is 11.9. The summed E-state index contributed by atoms with van der Waals surface area (Å²) in [6.45, 7) is 0.205. The van der Waals surface area contributed by atoms with Gasteiger partial charge in [0.15, 0.2) is 0 Å². The maximum atomic E-state index is 12.3. The van der Waals surface area contributed by atoms with Crippen LogP contribution in [0, 0.1) is 0 Å². The summed E-state index contributed by atoms with van der Waals surface area (Å²) in [7, 11) is -3.75. The van der Waals surface area contributed by atoms with Crippen LogP contribution in [0.4, 0.5) is 0 Å².